The number of hydrogen-bond donors (Lipinski definition) is 1. The Hall–Kier alpha value is -0.530. The Morgan fingerprint density at radius 2 is 1.59 bits per heavy atom. The van der Waals surface area contributed by atoms with Gasteiger partial charge in [-0.25, -0.2) is 0 Å². The largest absolute Gasteiger partial charge is 0.310 e. The molecule has 0 saturated heterocycles. The number of halogens is 1. The molecule has 0 spiro atoms. The average Bonchev–Trinajstić information content (AvgIpc) is 2.36. The lowest BCUT2D eigenvalue weighted by molar-refractivity contribution is 0.406. The number of benzene rings is 1. The van der Waals surface area contributed by atoms with Crippen LogP contribution in [-0.2, 0) is 0 Å². The first-order valence-corrected chi connectivity index (χ1v) is 7.07. The molecule has 1 N–H and O–H groups in total. The fourth-order valence-corrected chi connectivity index (χ4v) is 2.21. The molecule has 1 atom stereocenters. The van der Waals surface area contributed by atoms with E-state index in [0.29, 0.717) is 6.04 Å². The number of rotatable bonds is 7. The van der Waals surface area contributed by atoms with Crippen molar-refractivity contribution in [2.75, 3.05) is 6.54 Å². The summed E-state index contributed by atoms with van der Waals surface area (Å²) in [4.78, 5) is 0. The molecule has 0 aromatic heterocycles. The molecule has 1 rings (SSSR count). The molecule has 1 nitrogen and oxygen atoms in total. The molecule has 96 valence electrons. The van der Waals surface area contributed by atoms with Crippen LogP contribution in [0.3, 0.4) is 0 Å². The fourth-order valence-electron chi connectivity index (χ4n) is 2.08. The topological polar surface area (TPSA) is 12.0 Å². The van der Waals surface area contributed by atoms with E-state index in [0.717, 1.165) is 23.9 Å². The summed E-state index contributed by atoms with van der Waals surface area (Å²) in [6.45, 7) is 7.85. The average molecular weight is 254 g/mol. The van der Waals surface area contributed by atoms with E-state index in [1.807, 2.05) is 12.1 Å². The van der Waals surface area contributed by atoms with Crippen LogP contribution in [0, 0.1) is 5.92 Å². The first kappa shape index (κ1) is 14.5. The number of nitrogens with one attached hydrogen (secondary N) is 1. The molecule has 0 fully saturated rings. The highest BCUT2D eigenvalue weighted by atomic mass is 35.5. The van der Waals surface area contributed by atoms with Crippen LogP contribution in [-0.4, -0.2) is 6.54 Å². The monoisotopic (exact) mass is 253 g/mol. The van der Waals surface area contributed by atoms with Crippen LogP contribution >= 0.6 is 11.6 Å². The van der Waals surface area contributed by atoms with Gasteiger partial charge in [0.25, 0.3) is 0 Å². The molecular formula is C15H24ClN. The summed E-state index contributed by atoms with van der Waals surface area (Å²) in [7, 11) is 0. The third-order valence-electron chi connectivity index (χ3n) is 3.49. The Morgan fingerprint density at radius 1 is 1.00 bits per heavy atom. The summed E-state index contributed by atoms with van der Waals surface area (Å²) in [5.74, 6) is 0.788. The second-order valence-electron chi connectivity index (χ2n) is 4.60. The molecule has 0 aliphatic carbocycles. The maximum Gasteiger partial charge on any atom is 0.0406 e. The maximum absolute atomic E-state index is 5.91. The van der Waals surface area contributed by atoms with Crippen molar-refractivity contribution in [3.8, 4) is 0 Å². The van der Waals surface area contributed by atoms with E-state index in [9.17, 15) is 0 Å². The Kier molecular flexibility index (Phi) is 6.61. The van der Waals surface area contributed by atoms with Crippen molar-refractivity contribution in [1.82, 2.24) is 5.32 Å². The summed E-state index contributed by atoms with van der Waals surface area (Å²) in [6, 6.07) is 8.64. The van der Waals surface area contributed by atoms with Crippen molar-refractivity contribution < 1.29 is 0 Å². The minimum atomic E-state index is 0.452. The lowest BCUT2D eigenvalue weighted by Crippen LogP contribution is -2.26. The molecule has 0 aliphatic rings. The quantitative estimate of drug-likeness (QED) is 0.735. The predicted molar refractivity (Wildman–Crippen MR) is 76.6 cm³/mol. The third kappa shape index (κ3) is 4.69. The van der Waals surface area contributed by atoms with E-state index in [1.54, 1.807) is 0 Å². The van der Waals surface area contributed by atoms with Crippen LogP contribution in [0.5, 0.6) is 0 Å². The van der Waals surface area contributed by atoms with Gasteiger partial charge >= 0.3 is 0 Å². The molecule has 2 heteroatoms. The zero-order valence-corrected chi connectivity index (χ0v) is 11.9. The van der Waals surface area contributed by atoms with Gasteiger partial charge in [0.2, 0.25) is 0 Å². The van der Waals surface area contributed by atoms with Crippen LogP contribution in [0.1, 0.15) is 51.6 Å². The van der Waals surface area contributed by atoms with Gasteiger partial charge in [0, 0.05) is 11.1 Å². The van der Waals surface area contributed by atoms with Crippen LogP contribution in [0.2, 0.25) is 5.02 Å². The van der Waals surface area contributed by atoms with Crippen molar-refractivity contribution in [3.63, 3.8) is 0 Å². The zero-order chi connectivity index (χ0) is 12.7. The fraction of sp³-hybridized carbons (Fsp3) is 0.600. The predicted octanol–water partition coefficient (Wildman–Crippen LogP) is 4.82. The van der Waals surface area contributed by atoms with Crippen LogP contribution in [0.25, 0.3) is 0 Å². The third-order valence-corrected chi connectivity index (χ3v) is 3.74. The lowest BCUT2D eigenvalue weighted by atomic mass is 10.0. The van der Waals surface area contributed by atoms with E-state index in [4.69, 9.17) is 11.6 Å². The smallest absolute Gasteiger partial charge is 0.0406 e. The molecule has 0 radical (unpaired) electrons. The molecule has 17 heavy (non-hydrogen) atoms. The van der Waals surface area contributed by atoms with E-state index < -0.39 is 0 Å². The van der Waals surface area contributed by atoms with Gasteiger partial charge in [0.05, 0.1) is 0 Å². The summed E-state index contributed by atoms with van der Waals surface area (Å²) >= 11 is 5.91. The normalized spacial score (nSPS) is 13.0. The minimum Gasteiger partial charge on any atom is -0.310 e. The number of hydrogen-bond acceptors (Lipinski definition) is 1. The van der Waals surface area contributed by atoms with Gasteiger partial charge in [0.15, 0.2) is 0 Å². The van der Waals surface area contributed by atoms with Gasteiger partial charge in [-0.05, 0) is 36.6 Å². The summed E-state index contributed by atoms with van der Waals surface area (Å²) in [5.41, 5.74) is 1.34. The lowest BCUT2D eigenvalue weighted by Gasteiger charge is -2.21. The molecule has 0 bridgehead atoms. The van der Waals surface area contributed by atoms with E-state index in [-0.39, 0.29) is 0 Å². The summed E-state index contributed by atoms with van der Waals surface area (Å²) in [5, 5.41) is 4.47. The first-order chi connectivity index (χ1) is 8.21. The molecule has 1 aromatic rings. The Balaban J connectivity index is 2.56. The van der Waals surface area contributed by atoms with E-state index >= 15 is 0 Å². The summed E-state index contributed by atoms with van der Waals surface area (Å²) in [6.07, 6.45) is 3.61. The standard InChI is InChI=1S/C15H24ClN/c1-4-12(5-2)11-17-15(6-3)13-7-9-14(16)10-8-13/h7-10,12,15,17H,4-6,11H2,1-3H3. The van der Waals surface area contributed by atoms with Gasteiger partial charge in [-0.2, -0.15) is 0 Å². The first-order valence-electron chi connectivity index (χ1n) is 6.70. The molecule has 0 aliphatic heterocycles. The van der Waals surface area contributed by atoms with Crippen LogP contribution in [0.4, 0.5) is 0 Å². The molecule has 0 amide bonds. The zero-order valence-electron chi connectivity index (χ0n) is 11.2. The van der Waals surface area contributed by atoms with Crippen LogP contribution in [0.15, 0.2) is 24.3 Å². The summed E-state index contributed by atoms with van der Waals surface area (Å²) < 4.78 is 0. The van der Waals surface area contributed by atoms with Gasteiger partial charge in [-0.1, -0.05) is 57.3 Å². The van der Waals surface area contributed by atoms with Gasteiger partial charge < -0.3 is 5.32 Å². The SMILES string of the molecule is CCC(CC)CNC(CC)c1ccc(Cl)cc1. The molecular weight excluding hydrogens is 230 g/mol. The minimum absolute atomic E-state index is 0.452. The van der Waals surface area contributed by atoms with Crippen molar-refractivity contribution in [1.29, 1.82) is 0 Å². The van der Waals surface area contributed by atoms with Crippen LogP contribution < -0.4 is 5.32 Å². The van der Waals surface area contributed by atoms with Gasteiger partial charge in [0.1, 0.15) is 0 Å². The maximum atomic E-state index is 5.91. The molecule has 0 heterocycles. The van der Waals surface area contributed by atoms with E-state index in [1.165, 1.54) is 18.4 Å². The highest BCUT2D eigenvalue weighted by Crippen LogP contribution is 2.20. The molecule has 1 aromatic carbocycles. The Labute approximate surface area is 111 Å². The Bertz CT molecular complexity index is 303. The van der Waals surface area contributed by atoms with E-state index in [2.05, 4.69) is 38.2 Å². The second-order valence-corrected chi connectivity index (χ2v) is 5.04. The second kappa shape index (κ2) is 7.73. The highest BCUT2D eigenvalue weighted by molar-refractivity contribution is 6.30. The van der Waals surface area contributed by atoms with Crippen molar-refractivity contribution in [3.05, 3.63) is 34.9 Å². The van der Waals surface area contributed by atoms with Crippen molar-refractivity contribution >= 4 is 11.6 Å². The molecule has 1 unspecified atom stereocenters. The van der Waals surface area contributed by atoms with Gasteiger partial charge in [-0.3, -0.25) is 0 Å². The van der Waals surface area contributed by atoms with Crippen molar-refractivity contribution in [2.45, 2.75) is 46.1 Å². The Morgan fingerprint density at radius 3 is 2.06 bits per heavy atom. The van der Waals surface area contributed by atoms with Crippen molar-refractivity contribution in [2.24, 2.45) is 5.92 Å². The highest BCUT2D eigenvalue weighted by Gasteiger charge is 2.10. The molecule has 0 saturated carbocycles. The van der Waals surface area contributed by atoms with Gasteiger partial charge in [-0.15, -0.1) is 0 Å².